The van der Waals surface area contributed by atoms with Crippen molar-refractivity contribution in [3.8, 4) is 11.5 Å². The van der Waals surface area contributed by atoms with E-state index in [9.17, 15) is 17.8 Å². The lowest BCUT2D eigenvalue weighted by Gasteiger charge is -2.48. The van der Waals surface area contributed by atoms with Gasteiger partial charge in [-0.2, -0.15) is 8.42 Å². The molecule has 148 valence electrons. The summed E-state index contributed by atoms with van der Waals surface area (Å²) in [7, 11) is -4.63. The molecular weight excluding hydrogens is 368 g/mol. The van der Waals surface area contributed by atoms with E-state index in [1.54, 1.807) is 6.07 Å². The number of benzene rings is 1. The molecule has 1 N–H and O–H groups in total. The molecule has 27 heavy (non-hydrogen) atoms. The zero-order valence-electron chi connectivity index (χ0n) is 15.7. The lowest BCUT2D eigenvalue weighted by Crippen LogP contribution is -2.42. The maximum Gasteiger partial charge on any atom is 0.446 e. The first-order valence-electron chi connectivity index (χ1n) is 9.72. The second-order valence-corrected chi connectivity index (χ2v) is 9.29. The summed E-state index contributed by atoms with van der Waals surface area (Å²) in [5.41, 5.74) is 1.65. The standard InChI is InChI=1S/C20H26O6S/c1-3-25-13-10-12-4-5-14-15(19(12)17(11-13)26-27(22,23)24)8-9-20(2)16(14)6-7-18(20)21/h10-11,14-16H,3-9H2,1-2H3,(H,22,23,24)/t14-,15+,16+,20+/m1/s1. The largest absolute Gasteiger partial charge is 0.494 e. The van der Waals surface area contributed by atoms with Crippen molar-refractivity contribution >= 4 is 16.2 Å². The van der Waals surface area contributed by atoms with Crippen LogP contribution in [-0.4, -0.2) is 25.4 Å². The highest BCUT2D eigenvalue weighted by Crippen LogP contribution is 2.60. The monoisotopic (exact) mass is 394 g/mol. The van der Waals surface area contributed by atoms with Crippen molar-refractivity contribution in [2.75, 3.05) is 6.61 Å². The van der Waals surface area contributed by atoms with Crippen LogP contribution in [0.1, 0.15) is 63.0 Å². The zero-order chi connectivity index (χ0) is 19.4. The van der Waals surface area contributed by atoms with Gasteiger partial charge in [0, 0.05) is 23.5 Å². The minimum absolute atomic E-state index is 0.144. The fourth-order valence-corrected chi connectivity index (χ4v) is 6.22. The van der Waals surface area contributed by atoms with Crippen molar-refractivity contribution in [2.45, 2.75) is 58.3 Å². The summed E-state index contributed by atoms with van der Waals surface area (Å²) in [4.78, 5) is 12.5. The second kappa shape index (κ2) is 6.48. The Kier molecular flexibility index (Phi) is 4.50. The fraction of sp³-hybridized carbons (Fsp3) is 0.650. The molecule has 4 atom stereocenters. The van der Waals surface area contributed by atoms with Crippen molar-refractivity contribution in [1.82, 2.24) is 0 Å². The number of carbonyl (C=O) groups is 1. The van der Waals surface area contributed by atoms with Crippen LogP contribution in [0.5, 0.6) is 11.5 Å². The van der Waals surface area contributed by atoms with Crippen molar-refractivity contribution in [1.29, 1.82) is 0 Å². The molecular formula is C20H26O6S. The predicted octanol–water partition coefficient (Wildman–Crippen LogP) is 3.69. The zero-order valence-corrected chi connectivity index (χ0v) is 16.5. The van der Waals surface area contributed by atoms with E-state index in [4.69, 9.17) is 8.92 Å². The molecule has 0 amide bonds. The van der Waals surface area contributed by atoms with Gasteiger partial charge in [-0.3, -0.25) is 9.35 Å². The molecule has 0 spiro atoms. The average Bonchev–Trinajstić information content (AvgIpc) is 2.88. The van der Waals surface area contributed by atoms with Gasteiger partial charge in [-0.1, -0.05) is 6.92 Å². The molecule has 2 fully saturated rings. The maximum atomic E-state index is 12.5. The molecule has 1 aromatic carbocycles. The van der Waals surface area contributed by atoms with Gasteiger partial charge in [0.25, 0.3) is 0 Å². The number of aryl methyl sites for hydroxylation is 1. The van der Waals surface area contributed by atoms with Crippen LogP contribution in [-0.2, 0) is 21.6 Å². The van der Waals surface area contributed by atoms with E-state index in [1.165, 1.54) is 0 Å². The summed E-state index contributed by atoms with van der Waals surface area (Å²) < 4.78 is 42.7. The van der Waals surface area contributed by atoms with E-state index in [-0.39, 0.29) is 17.1 Å². The van der Waals surface area contributed by atoms with Gasteiger partial charge in [-0.15, -0.1) is 0 Å². The first-order chi connectivity index (χ1) is 12.7. The molecule has 1 aromatic rings. The highest BCUT2D eigenvalue weighted by molar-refractivity contribution is 7.81. The Bertz CT molecular complexity index is 877. The number of ether oxygens (including phenoxy) is 1. The molecule has 0 unspecified atom stereocenters. The van der Waals surface area contributed by atoms with Crippen molar-refractivity contribution < 1.29 is 26.7 Å². The molecule has 3 aliphatic carbocycles. The van der Waals surface area contributed by atoms with Gasteiger partial charge in [0.1, 0.15) is 11.5 Å². The SMILES string of the molecule is CCOc1cc2c(c(OS(=O)(=O)O)c1)[C@H]1CC[C@]3(C)C(=O)CC[C@H]3[C@@H]1CC2. The van der Waals surface area contributed by atoms with Gasteiger partial charge in [0.05, 0.1) is 6.61 Å². The number of carbonyl (C=O) groups excluding carboxylic acids is 1. The van der Waals surface area contributed by atoms with Gasteiger partial charge in [-0.25, -0.2) is 0 Å². The third-order valence-electron chi connectivity index (χ3n) is 6.97. The molecule has 0 radical (unpaired) electrons. The Morgan fingerprint density at radius 3 is 2.70 bits per heavy atom. The Labute approximate surface area is 160 Å². The summed E-state index contributed by atoms with van der Waals surface area (Å²) in [5, 5.41) is 0. The maximum absolute atomic E-state index is 12.5. The van der Waals surface area contributed by atoms with E-state index in [0.717, 1.165) is 43.2 Å². The number of hydrogen-bond donors (Lipinski definition) is 1. The molecule has 0 saturated heterocycles. The molecule has 0 heterocycles. The fourth-order valence-electron chi connectivity index (χ4n) is 5.86. The van der Waals surface area contributed by atoms with Crippen LogP contribution in [0.4, 0.5) is 0 Å². The third-order valence-corrected chi connectivity index (χ3v) is 7.36. The highest BCUT2D eigenvalue weighted by Gasteiger charge is 2.55. The Hall–Kier alpha value is -1.60. The van der Waals surface area contributed by atoms with Gasteiger partial charge >= 0.3 is 10.4 Å². The summed E-state index contributed by atoms with van der Waals surface area (Å²) in [6, 6.07) is 3.52. The van der Waals surface area contributed by atoms with E-state index in [2.05, 4.69) is 6.92 Å². The third kappa shape index (κ3) is 3.14. The van der Waals surface area contributed by atoms with Crippen LogP contribution < -0.4 is 8.92 Å². The van der Waals surface area contributed by atoms with Crippen LogP contribution in [0.15, 0.2) is 12.1 Å². The average molecular weight is 394 g/mol. The molecule has 0 aliphatic heterocycles. The molecule has 6 nitrogen and oxygen atoms in total. The van der Waals surface area contributed by atoms with Gasteiger partial charge in [-0.05, 0) is 68.4 Å². The molecule has 7 heteroatoms. The Balaban J connectivity index is 1.78. The van der Waals surface area contributed by atoms with Crippen LogP contribution in [0.25, 0.3) is 0 Å². The number of rotatable bonds is 4. The normalized spacial score (nSPS) is 32.4. The number of Topliss-reactive ketones (excluding diaryl/α,β-unsaturated/α-hetero) is 1. The Morgan fingerprint density at radius 2 is 2.00 bits per heavy atom. The molecule has 0 bridgehead atoms. The first-order valence-corrected chi connectivity index (χ1v) is 11.1. The molecule has 3 aliphatic rings. The number of ketones is 1. The van der Waals surface area contributed by atoms with E-state index < -0.39 is 10.4 Å². The van der Waals surface area contributed by atoms with E-state index >= 15 is 0 Å². The van der Waals surface area contributed by atoms with Crippen LogP contribution in [0, 0.1) is 17.3 Å². The topological polar surface area (TPSA) is 89.9 Å². The highest BCUT2D eigenvalue weighted by atomic mass is 32.3. The van der Waals surface area contributed by atoms with Crippen molar-refractivity contribution in [3.63, 3.8) is 0 Å². The van der Waals surface area contributed by atoms with Crippen molar-refractivity contribution in [3.05, 3.63) is 23.3 Å². The lowest BCUT2D eigenvalue weighted by atomic mass is 9.55. The van der Waals surface area contributed by atoms with Crippen LogP contribution in [0.3, 0.4) is 0 Å². The lowest BCUT2D eigenvalue weighted by molar-refractivity contribution is -0.129. The summed E-state index contributed by atoms with van der Waals surface area (Å²) in [6.07, 6.45) is 4.97. The summed E-state index contributed by atoms with van der Waals surface area (Å²) in [6.45, 7) is 4.42. The minimum atomic E-state index is -4.63. The van der Waals surface area contributed by atoms with Gasteiger partial charge in [0.15, 0.2) is 5.75 Å². The predicted molar refractivity (Wildman–Crippen MR) is 99.4 cm³/mol. The van der Waals surface area contributed by atoms with Crippen molar-refractivity contribution in [2.24, 2.45) is 17.3 Å². The van der Waals surface area contributed by atoms with Gasteiger partial charge in [0.2, 0.25) is 0 Å². The number of fused-ring (bicyclic) bond motifs is 5. The van der Waals surface area contributed by atoms with E-state index in [1.807, 2.05) is 13.0 Å². The van der Waals surface area contributed by atoms with E-state index in [0.29, 0.717) is 36.4 Å². The number of hydrogen-bond acceptors (Lipinski definition) is 5. The van der Waals surface area contributed by atoms with Crippen LogP contribution >= 0.6 is 0 Å². The summed E-state index contributed by atoms with van der Waals surface area (Å²) in [5.74, 6) is 1.90. The quantitative estimate of drug-likeness (QED) is 0.784. The molecule has 2 saturated carbocycles. The molecule has 4 rings (SSSR count). The summed E-state index contributed by atoms with van der Waals surface area (Å²) >= 11 is 0. The minimum Gasteiger partial charge on any atom is -0.494 e. The molecule has 0 aromatic heterocycles. The Morgan fingerprint density at radius 1 is 1.22 bits per heavy atom. The second-order valence-electron chi connectivity index (χ2n) is 8.27. The first kappa shape index (κ1) is 18.7. The smallest absolute Gasteiger partial charge is 0.446 e. The van der Waals surface area contributed by atoms with Gasteiger partial charge < -0.3 is 8.92 Å². The van der Waals surface area contributed by atoms with Crippen LogP contribution in [0.2, 0.25) is 0 Å².